The lowest BCUT2D eigenvalue weighted by Crippen LogP contribution is -2.18. The van der Waals surface area contributed by atoms with Crippen molar-refractivity contribution in [3.63, 3.8) is 0 Å². The number of halogens is 6. The highest BCUT2D eigenvalue weighted by atomic mass is 19.4. The van der Waals surface area contributed by atoms with Crippen LogP contribution in [0.15, 0.2) is 42.5 Å². The van der Waals surface area contributed by atoms with E-state index in [-0.39, 0.29) is 23.6 Å². The van der Waals surface area contributed by atoms with Crippen LogP contribution in [-0.4, -0.2) is 12.0 Å². The third-order valence-corrected chi connectivity index (χ3v) is 3.35. The predicted molar refractivity (Wildman–Crippen MR) is 86.6 cm³/mol. The van der Waals surface area contributed by atoms with E-state index < -0.39 is 35.0 Å². The Morgan fingerprint density at radius 1 is 0.926 bits per heavy atom. The van der Waals surface area contributed by atoms with Crippen LogP contribution in [0.1, 0.15) is 35.3 Å². The Labute approximate surface area is 150 Å². The molecule has 0 saturated heterocycles. The van der Waals surface area contributed by atoms with Gasteiger partial charge in [-0.05, 0) is 44.2 Å². The predicted octanol–water partition coefficient (Wildman–Crippen LogP) is 5.76. The van der Waals surface area contributed by atoms with Gasteiger partial charge >= 0.3 is 12.4 Å². The number of carbonyl (C=O) groups excluding carboxylic acids is 1. The number of carbonyl (C=O) groups is 1. The molecule has 0 unspecified atom stereocenters. The molecule has 0 aromatic heterocycles. The van der Waals surface area contributed by atoms with E-state index in [2.05, 4.69) is 5.32 Å². The van der Waals surface area contributed by atoms with Gasteiger partial charge in [0.25, 0.3) is 5.91 Å². The van der Waals surface area contributed by atoms with E-state index in [1.165, 1.54) is 18.2 Å². The number of ether oxygens (including phenoxy) is 1. The van der Waals surface area contributed by atoms with Crippen molar-refractivity contribution in [2.75, 3.05) is 5.32 Å². The van der Waals surface area contributed by atoms with Crippen LogP contribution in [0.5, 0.6) is 5.75 Å². The summed E-state index contributed by atoms with van der Waals surface area (Å²) in [6.45, 7) is 3.45. The molecule has 0 spiro atoms. The average molecular weight is 391 g/mol. The quantitative estimate of drug-likeness (QED) is 0.673. The van der Waals surface area contributed by atoms with E-state index in [4.69, 9.17) is 4.74 Å². The van der Waals surface area contributed by atoms with Gasteiger partial charge in [0.2, 0.25) is 0 Å². The van der Waals surface area contributed by atoms with Gasteiger partial charge in [0.1, 0.15) is 5.75 Å². The minimum atomic E-state index is -5.03. The van der Waals surface area contributed by atoms with Crippen molar-refractivity contribution in [1.29, 1.82) is 0 Å². The summed E-state index contributed by atoms with van der Waals surface area (Å²) in [5, 5.41) is 2.29. The van der Waals surface area contributed by atoms with Gasteiger partial charge in [0.05, 0.1) is 22.9 Å². The number of nitrogens with one attached hydrogen (secondary N) is 1. The summed E-state index contributed by atoms with van der Waals surface area (Å²) in [6.07, 6.45) is -10.3. The number of para-hydroxylation sites is 2. The van der Waals surface area contributed by atoms with E-state index in [0.717, 1.165) is 0 Å². The van der Waals surface area contributed by atoms with Gasteiger partial charge in [-0.1, -0.05) is 12.1 Å². The molecule has 2 aromatic rings. The van der Waals surface area contributed by atoms with Crippen molar-refractivity contribution in [3.8, 4) is 5.75 Å². The highest BCUT2D eigenvalue weighted by Gasteiger charge is 2.37. The smallest absolute Gasteiger partial charge is 0.416 e. The van der Waals surface area contributed by atoms with Crippen molar-refractivity contribution in [1.82, 2.24) is 0 Å². The highest BCUT2D eigenvalue weighted by Crippen LogP contribution is 2.36. The van der Waals surface area contributed by atoms with Gasteiger partial charge in [0.15, 0.2) is 0 Å². The Morgan fingerprint density at radius 3 is 1.93 bits per heavy atom. The number of hydrogen-bond donors (Lipinski definition) is 1. The molecule has 0 atom stereocenters. The molecule has 2 rings (SSSR count). The van der Waals surface area contributed by atoms with Gasteiger partial charge < -0.3 is 10.1 Å². The lowest BCUT2D eigenvalue weighted by Gasteiger charge is -2.16. The summed E-state index contributed by atoms with van der Waals surface area (Å²) in [4.78, 5) is 12.3. The maximum atomic E-state index is 12.9. The van der Waals surface area contributed by atoms with Crippen molar-refractivity contribution in [2.24, 2.45) is 0 Å². The summed E-state index contributed by atoms with van der Waals surface area (Å²) in [5.41, 5.74) is -3.76. The second kappa shape index (κ2) is 7.50. The first-order chi connectivity index (χ1) is 12.4. The number of benzene rings is 2. The third-order valence-electron chi connectivity index (χ3n) is 3.35. The number of anilines is 1. The monoisotopic (exact) mass is 391 g/mol. The summed E-state index contributed by atoms with van der Waals surface area (Å²) >= 11 is 0. The zero-order chi connectivity index (χ0) is 20.4. The fourth-order valence-corrected chi connectivity index (χ4v) is 2.21. The SMILES string of the molecule is CC(C)Oc1ccccc1NC(=O)c1cc(C(F)(F)F)cc(C(F)(F)F)c1. The summed E-state index contributed by atoms with van der Waals surface area (Å²) in [6, 6.07) is 6.80. The standard InChI is InChI=1S/C18H15F6NO2/c1-10(2)27-15-6-4-3-5-14(15)25-16(26)11-7-12(17(19,20)21)9-13(8-11)18(22,23)24/h3-10H,1-2H3,(H,25,26). The molecule has 1 amide bonds. The molecule has 146 valence electrons. The summed E-state index contributed by atoms with van der Waals surface area (Å²) in [5.74, 6) is -0.879. The van der Waals surface area contributed by atoms with Crippen LogP contribution in [0.2, 0.25) is 0 Å². The topological polar surface area (TPSA) is 38.3 Å². The highest BCUT2D eigenvalue weighted by molar-refractivity contribution is 6.05. The molecule has 9 heteroatoms. The van der Waals surface area contributed by atoms with Gasteiger partial charge in [-0.3, -0.25) is 4.79 Å². The molecule has 0 aliphatic rings. The van der Waals surface area contributed by atoms with E-state index in [9.17, 15) is 31.1 Å². The molecule has 0 saturated carbocycles. The first-order valence-electron chi connectivity index (χ1n) is 7.74. The lowest BCUT2D eigenvalue weighted by atomic mass is 10.0. The molecule has 0 aliphatic carbocycles. The molecule has 0 aliphatic heterocycles. The van der Waals surface area contributed by atoms with Crippen molar-refractivity contribution < 1.29 is 35.9 Å². The van der Waals surface area contributed by atoms with Gasteiger partial charge in [-0.25, -0.2) is 0 Å². The molecule has 0 fully saturated rings. The average Bonchev–Trinajstić information content (AvgIpc) is 2.54. The van der Waals surface area contributed by atoms with E-state index >= 15 is 0 Å². The Morgan fingerprint density at radius 2 is 1.44 bits per heavy atom. The molecule has 3 nitrogen and oxygen atoms in total. The number of amides is 1. The zero-order valence-corrected chi connectivity index (χ0v) is 14.2. The van der Waals surface area contributed by atoms with E-state index in [1.807, 2.05) is 0 Å². The fraction of sp³-hybridized carbons (Fsp3) is 0.278. The fourth-order valence-electron chi connectivity index (χ4n) is 2.21. The first-order valence-corrected chi connectivity index (χ1v) is 7.74. The van der Waals surface area contributed by atoms with Crippen LogP contribution in [0.4, 0.5) is 32.0 Å². The largest absolute Gasteiger partial charge is 0.489 e. The van der Waals surface area contributed by atoms with Crippen molar-refractivity contribution >= 4 is 11.6 Å². The van der Waals surface area contributed by atoms with Crippen LogP contribution >= 0.6 is 0 Å². The Kier molecular flexibility index (Phi) is 5.72. The Bertz CT molecular complexity index is 795. The second-order valence-electron chi connectivity index (χ2n) is 5.91. The number of alkyl halides is 6. The van der Waals surface area contributed by atoms with Crippen LogP contribution in [-0.2, 0) is 12.4 Å². The second-order valence-corrected chi connectivity index (χ2v) is 5.91. The lowest BCUT2D eigenvalue weighted by molar-refractivity contribution is -0.143. The van der Waals surface area contributed by atoms with E-state index in [1.54, 1.807) is 19.9 Å². The van der Waals surface area contributed by atoms with Crippen molar-refractivity contribution in [2.45, 2.75) is 32.3 Å². The van der Waals surface area contributed by atoms with Gasteiger partial charge in [-0.15, -0.1) is 0 Å². The maximum absolute atomic E-state index is 12.9. The normalized spacial score (nSPS) is 12.2. The Balaban J connectivity index is 2.42. The molecule has 2 aromatic carbocycles. The van der Waals surface area contributed by atoms with Crippen LogP contribution in [0.3, 0.4) is 0 Å². The van der Waals surface area contributed by atoms with Crippen LogP contribution < -0.4 is 10.1 Å². The molecule has 27 heavy (non-hydrogen) atoms. The minimum absolute atomic E-state index is 0.0351. The molecule has 0 bridgehead atoms. The molecular formula is C18H15F6NO2. The van der Waals surface area contributed by atoms with Crippen molar-refractivity contribution in [3.05, 3.63) is 59.2 Å². The summed E-state index contributed by atoms with van der Waals surface area (Å²) in [7, 11) is 0. The maximum Gasteiger partial charge on any atom is 0.416 e. The number of hydrogen-bond acceptors (Lipinski definition) is 2. The number of rotatable bonds is 4. The van der Waals surface area contributed by atoms with Crippen LogP contribution in [0, 0.1) is 0 Å². The molecule has 0 radical (unpaired) electrons. The molecule has 0 heterocycles. The molecule has 1 N–H and O–H groups in total. The van der Waals surface area contributed by atoms with Gasteiger partial charge in [0, 0.05) is 5.56 Å². The Hall–Kier alpha value is -2.71. The molecular weight excluding hydrogens is 376 g/mol. The first kappa shape index (κ1) is 20.6. The zero-order valence-electron chi connectivity index (χ0n) is 14.2. The van der Waals surface area contributed by atoms with Gasteiger partial charge in [-0.2, -0.15) is 26.3 Å². The summed E-state index contributed by atoms with van der Waals surface area (Å²) < 4.78 is 83.0. The van der Waals surface area contributed by atoms with Crippen LogP contribution in [0.25, 0.3) is 0 Å². The minimum Gasteiger partial charge on any atom is -0.489 e. The third kappa shape index (κ3) is 5.38. The van der Waals surface area contributed by atoms with E-state index in [0.29, 0.717) is 12.1 Å².